The summed E-state index contributed by atoms with van der Waals surface area (Å²) >= 11 is 3.77. The average Bonchev–Trinajstić information content (AvgIpc) is 3.06. The van der Waals surface area contributed by atoms with E-state index in [1.807, 2.05) is 35.8 Å². The molecule has 0 fully saturated rings. The van der Waals surface area contributed by atoms with Crippen molar-refractivity contribution in [2.45, 2.75) is 22.8 Å². The van der Waals surface area contributed by atoms with Crippen LogP contribution in [0, 0.1) is 5.92 Å². The van der Waals surface area contributed by atoms with E-state index in [2.05, 4.69) is 58.8 Å². The summed E-state index contributed by atoms with van der Waals surface area (Å²) in [4.78, 5) is 2.52. The fourth-order valence-electron chi connectivity index (χ4n) is 2.96. The van der Waals surface area contributed by atoms with Gasteiger partial charge in [-0.2, -0.15) is 5.10 Å². The Morgan fingerprint density at radius 1 is 1.31 bits per heavy atom. The van der Waals surface area contributed by atoms with Crippen LogP contribution in [0.15, 0.2) is 58.5 Å². The number of nitrogens with zero attached hydrogens (tertiary/aromatic N) is 1. The van der Waals surface area contributed by atoms with Gasteiger partial charge in [0, 0.05) is 26.7 Å². The predicted octanol–water partition coefficient (Wildman–Crippen LogP) is 4.43. The molecule has 0 amide bonds. The van der Waals surface area contributed by atoms with Crippen LogP contribution < -0.4 is 10.1 Å². The smallest absolute Gasteiger partial charge is 0.132 e. The molecule has 2 N–H and O–H groups in total. The van der Waals surface area contributed by atoms with Gasteiger partial charge < -0.3 is 10.1 Å². The zero-order chi connectivity index (χ0) is 17.8. The Hall–Kier alpha value is -1.63. The van der Waals surface area contributed by atoms with Gasteiger partial charge in [0.15, 0.2) is 0 Å². The number of hydrogen-bond acceptors (Lipinski definition) is 5. The van der Waals surface area contributed by atoms with E-state index in [1.54, 1.807) is 0 Å². The summed E-state index contributed by atoms with van der Waals surface area (Å²) in [6, 6.07) is 15.0. The fourth-order valence-corrected chi connectivity index (χ4v) is 5.06. The van der Waals surface area contributed by atoms with Gasteiger partial charge in [0.05, 0.1) is 17.8 Å². The quantitative estimate of drug-likeness (QED) is 0.615. The summed E-state index contributed by atoms with van der Waals surface area (Å²) in [6.07, 6.45) is 1.88. The zero-order valence-corrected chi connectivity index (χ0v) is 16.4. The Kier molecular flexibility index (Phi) is 5.72. The molecule has 1 aromatic heterocycles. The van der Waals surface area contributed by atoms with Crippen molar-refractivity contribution in [3.05, 3.63) is 48.7 Å². The molecular formula is C20H23N3OS2. The van der Waals surface area contributed by atoms with Gasteiger partial charge in [0.2, 0.25) is 0 Å². The average molecular weight is 386 g/mol. The Bertz CT molecular complexity index is 840. The molecule has 1 aliphatic rings. The van der Waals surface area contributed by atoms with Crippen LogP contribution in [0.2, 0.25) is 0 Å². The van der Waals surface area contributed by atoms with Gasteiger partial charge in [-0.1, -0.05) is 31.2 Å². The van der Waals surface area contributed by atoms with E-state index in [0.717, 1.165) is 35.9 Å². The van der Waals surface area contributed by atoms with Gasteiger partial charge in [-0.15, -0.1) is 23.5 Å². The van der Waals surface area contributed by atoms with Crippen LogP contribution in [0.4, 0.5) is 0 Å². The van der Waals surface area contributed by atoms with Gasteiger partial charge >= 0.3 is 0 Å². The topological polar surface area (TPSA) is 49.9 Å². The van der Waals surface area contributed by atoms with Crippen molar-refractivity contribution < 1.29 is 4.74 Å². The van der Waals surface area contributed by atoms with Crippen LogP contribution in [-0.2, 0) is 0 Å². The standard InChI is InChI=1S/C20H23N3OS2/c1-14(12-25-19-8-4-5-15-10-22-23-20(15)19)9-21-16-11-24-17-6-2-3-7-18(17)26-13-16/h2-8,10,14,16,21H,9,11-13H2,1H3,(H,22,23)/t14-,16+/m0/s1. The number of benzene rings is 2. The van der Waals surface area contributed by atoms with Gasteiger partial charge in [-0.25, -0.2) is 0 Å². The van der Waals surface area contributed by atoms with E-state index in [1.165, 1.54) is 15.2 Å². The number of thioether (sulfide) groups is 2. The van der Waals surface area contributed by atoms with E-state index in [0.29, 0.717) is 12.0 Å². The highest BCUT2D eigenvalue weighted by Crippen LogP contribution is 2.32. The lowest BCUT2D eigenvalue weighted by Crippen LogP contribution is -2.39. The third-order valence-electron chi connectivity index (χ3n) is 4.45. The largest absolute Gasteiger partial charge is 0.491 e. The van der Waals surface area contributed by atoms with Crippen LogP contribution >= 0.6 is 23.5 Å². The first-order valence-corrected chi connectivity index (χ1v) is 10.9. The third kappa shape index (κ3) is 4.19. The van der Waals surface area contributed by atoms with Crippen molar-refractivity contribution in [1.29, 1.82) is 0 Å². The SMILES string of the molecule is C[C@@H](CN[C@@H]1COc2ccccc2SC1)CSc1cccc2cn[nH]c12. The molecule has 1 aliphatic heterocycles. The number of nitrogens with one attached hydrogen (secondary N) is 2. The highest BCUT2D eigenvalue weighted by molar-refractivity contribution is 7.99. The van der Waals surface area contributed by atoms with Crippen LogP contribution in [0.3, 0.4) is 0 Å². The monoisotopic (exact) mass is 385 g/mol. The second kappa shape index (κ2) is 8.37. The molecule has 0 radical (unpaired) electrons. The minimum atomic E-state index is 0.385. The first kappa shape index (κ1) is 17.8. The van der Waals surface area contributed by atoms with Crippen molar-refractivity contribution in [3.8, 4) is 5.75 Å². The minimum absolute atomic E-state index is 0.385. The molecule has 0 saturated carbocycles. The molecule has 2 aromatic carbocycles. The molecule has 2 atom stereocenters. The van der Waals surface area contributed by atoms with E-state index >= 15 is 0 Å². The highest BCUT2D eigenvalue weighted by Gasteiger charge is 2.18. The maximum absolute atomic E-state index is 5.96. The van der Waals surface area contributed by atoms with Crippen molar-refractivity contribution >= 4 is 34.4 Å². The summed E-state index contributed by atoms with van der Waals surface area (Å²) in [7, 11) is 0. The first-order chi connectivity index (χ1) is 12.8. The Morgan fingerprint density at radius 3 is 3.19 bits per heavy atom. The minimum Gasteiger partial charge on any atom is -0.491 e. The summed E-state index contributed by atoms with van der Waals surface area (Å²) in [6.45, 7) is 4.03. The van der Waals surface area contributed by atoms with Gasteiger partial charge in [-0.3, -0.25) is 5.10 Å². The molecule has 2 heterocycles. The van der Waals surface area contributed by atoms with Crippen molar-refractivity contribution in [2.24, 2.45) is 5.92 Å². The van der Waals surface area contributed by atoms with Gasteiger partial charge in [0.25, 0.3) is 0 Å². The van der Waals surface area contributed by atoms with Crippen molar-refractivity contribution in [1.82, 2.24) is 15.5 Å². The lowest BCUT2D eigenvalue weighted by atomic mass is 10.2. The number of aromatic amines is 1. The first-order valence-electron chi connectivity index (χ1n) is 8.92. The number of fused-ring (bicyclic) bond motifs is 2. The van der Waals surface area contributed by atoms with Gasteiger partial charge in [0.1, 0.15) is 12.4 Å². The van der Waals surface area contributed by atoms with Crippen LogP contribution in [0.25, 0.3) is 10.9 Å². The third-order valence-corrected chi connectivity index (χ3v) is 7.05. The summed E-state index contributed by atoms with van der Waals surface area (Å²) in [5.74, 6) is 3.71. The summed E-state index contributed by atoms with van der Waals surface area (Å²) in [5.41, 5.74) is 1.14. The molecular weight excluding hydrogens is 362 g/mol. The maximum Gasteiger partial charge on any atom is 0.132 e. The molecule has 0 saturated heterocycles. The molecule has 0 bridgehead atoms. The molecule has 4 rings (SSSR count). The van der Waals surface area contributed by atoms with E-state index in [9.17, 15) is 0 Å². The number of para-hydroxylation sites is 2. The molecule has 26 heavy (non-hydrogen) atoms. The molecule has 3 aromatic rings. The van der Waals surface area contributed by atoms with Crippen molar-refractivity contribution in [3.63, 3.8) is 0 Å². The van der Waals surface area contributed by atoms with E-state index < -0.39 is 0 Å². The fraction of sp³-hybridized carbons (Fsp3) is 0.350. The molecule has 0 aliphatic carbocycles. The summed E-state index contributed by atoms with van der Waals surface area (Å²) in [5, 5.41) is 12.1. The number of ether oxygens (including phenoxy) is 1. The normalized spacial score (nSPS) is 18.1. The lowest BCUT2D eigenvalue weighted by molar-refractivity contribution is 0.270. The Balaban J connectivity index is 1.25. The molecule has 0 unspecified atom stereocenters. The van der Waals surface area contributed by atoms with Crippen LogP contribution in [0.1, 0.15) is 6.92 Å². The van der Waals surface area contributed by atoms with E-state index in [-0.39, 0.29) is 0 Å². The van der Waals surface area contributed by atoms with Crippen LogP contribution in [-0.4, -0.2) is 40.9 Å². The van der Waals surface area contributed by atoms with Crippen LogP contribution in [0.5, 0.6) is 5.75 Å². The van der Waals surface area contributed by atoms with Gasteiger partial charge in [-0.05, 0) is 30.7 Å². The molecule has 0 spiro atoms. The highest BCUT2D eigenvalue weighted by atomic mass is 32.2. The molecule has 136 valence electrons. The number of hydrogen-bond donors (Lipinski definition) is 2. The zero-order valence-electron chi connectivity index (χ0n) is 14.8. The predicted molar refractivity (Wildman–Crippen MR) is 110 cm³/mol. The second-order valence-corrected chi connectivity index (χ2v) is 8.80. The Morgan fingerprint density at radius 2 is 2.23 bits per heavy atom. The Labute approximate surface area is 162 Å². The number of aromatic nitrogens is 2. The number of rotatable bonds is 6. The van der Waals surface area contributed by atoms with E-state index in [4.69, 9.17) is 4.74 Å². The molecule has 4 nitrogen and oxygen atoms in total. The maximum atomic E-state index is 5.96. The van der Waals surface area contributed by atoms with Crippen molar-refractivity contribution in [2.75, 3.05) is 24.7 Å². The number of H-pyrrole nitrogens is 1. The lowest BCUT2D eigenvalue weighted by Gasteiger charge is -2.19. The molecule has 6 heteroatoms. The second-order valence-electron chi connectivity index (χ2n) is 6.68. The summed E-state index contributed by atoms with van der Waals surface area (Å²) < 4.78 is 5.96.